The number of carbonyl (C=O) groups excluding carboxylic acids is 3. The summed E-state index contributed by atoms with van der Waals surface area (Å²) in [5, 5.41) is 1.79. The number of carbonyl (C=O) groups is 3. The van der Waals surface area contributed by atoms with Gasteiger partial charge in [-0.25, -0.2) is 9.69 Å². The molecule has 1 aromatic carbocycles. The van der Waals surface area contributed by atoms with Gasteiger partial charge in [0.05, 0.1) is 19.1 Å². The van der Waals surface area contributed by atoms with Crippen molar-refractivity contribution in [2.45, 2.75) is 31.8 Å². The van der Waals surface area contributed by atoms with Crippen molar-refractivity contribution in [2.24, 2.45) is 11.8 Å². The molecular formula is C21H23N2O5+. The summed E-state index contributed by atoms with van der Waals surface area (Å²) in [4.78, 5) is 40.8. The topological polar surface area (TPSA) is 93.4 Å². The predicted molar refractivity (Wildman–Crippen MR) is 99.1 cm³/mol. The molecule has 4 rings (SSSR count). The highest BCUT2D eigenvalue weighted by molar-refractivity contribution is 6.23. The van der Waals surface area contributed by atoms with E-state index in [1.54, 1.807) is 29.6 Å². The number of ether oxygens (including phenoxy) is 1. The minimum atomic E-state index is -1.16. The van der Waals surface area contributed by atoms with Crippen LogP contribution in [0.3, 0.4) is 0 Å². The molecule has 4 atom stereocenters. The van der Waals surface area contributed by atoms with Gasteiger partial charge in [-0.2, -0.15) is 0 Å². The molecule has 3 heterocycles. The second-order valence-corrected chi connectivity index (χ2v) is 7.44. The highest BCUT2D eigenvalue weighted by Crippen LogP contribution is 2.46. The van der Waals surface area contributed by atoms with Crippen LogP contribution in [0.15, 0.2) is 47.1 Å². The quantitative estimate of drug-likeness (QED) is 0.635. The summed E-state index contributed by atoms with van der Waals surface area (Å²) in [6.45, 7) is 3.77. The lowest BCUT2D eigenvalue weighted by molar-refractivity contribution is -0.735. The molecule has 2 amide bonds. The summed E-state index contributed by atoms with van der Waals surface area (Å²) in [6, 6.07) is 10.3. The molecule has 0 bridgehead atoms. The summed E-state index contributed by atoms with van der Waals surface area (Å²) in [6.07, 6.45) is 1.89. The number of hydrogen-bond acceptors (Lipinski definition) is 5. The lowest BCUT2D eigenvalue weighted by Crippen LogP contribution is -2.98. The molecule has 0 radical (unpaired) electrons. The van der Waals surface area contributed by atoms with Crippen molar-refractivity contribution in [3.63, 3.8) is 0 Å². The first-order valence-electron chi connectivity index (χ1n) is 9.37. The van der Waals surface area contributed by atoms with E-state index >= 15 is 0 Å². The van der Waals surface area contributed by atoms with E-state index in [-0.39, 0.29) is 11.8 Å². The third kappa shape index (κ3) is 2.43. The molecule has 7 heteroatoms. The van der Waals surface area contributed by atoms with Crippen LogP contribution in [0.4, 0.5) is 5.69 Å². The van der Waals surface area contributed by atoms with Crippen molar-refractivity contribution in [1.29, 1.82) is 0 Å². The van der Waals surface area contributed by atoms with E-state index in [2.05, 4.69) is 0 Å². The molecular weight excluding hydrogens is 360 g/mol. The molecule has 1 aromatic heterocycles. The number of fused-ring (bicyclic) bond motifs is 1. The third-order valence-electron chi connectivity index (χ3n) is 6.08. The largest absolute Gasteiger partial charge is 0.464 e. The fourth-order valence-electron chi connectivity index (χ4n) is 4.68. The second-order valence-electron chi connectivity index (χ2n) is 7.44. The number of methoxy groups -OCH3 is 1. The number of aryl methyl sites for hydroxylation is 1. The van der Waals surface area contributed by atoms with Gasteiger partial charge >= 0.3 is 5.97 Å². The van der Waals surface area contributed by atoms with Crippen LogP contribution < -0.4 is 10.2 Å². The van der Waals surface area contributed by atoms with Gasteiger partial charge in [-0.1, -0.05) is 24.6 Å². The van der Waals surface area contributed by atoms with Crippen LogP contribution in [0, 0.1) is 18.8 Å². The highest BCUT2D eigenvalue weighted by Gasteiger charge is 2.72. The number of nitrogens with zero attached hydrogens (tertiary/aromatic N) is 1. The number of furan rings is 1. The zero-order chi connectivity index (χ0) is 20.1. The van der Waals surface area contributed by atoms with Gasteiger partial charge in [0, 0.05) is 6.42 Å². The molecule has 7 nitrogen and oxygen atoms in total. The lowest BCUT2D eigenvalue weighted by Gasteiger charge is -2.27. The molecule has 0 unspecified atom stereocenters. The number of nitrogens with two attached hydrogens (primary N) is 1. The van der Waals surface area contributed by atoms with E-state index in [9.17, 15) is 14.4 Å². The van der Waals surface area contributed by atoms with E-state index in [0.29, 0.717) is 17.9 Å². The van der Waals surface area contributed by atoms with Gasteiger partial charge in [0.1, 0.15) is 11.8 Å². The first-order chi connectivity index (χ1) is 13.4. The molecule has 2 aliphatic rings. The Morgan fingerprint density at radius 2 is 1.93 bits per heavy atom. The van der Waals surface area contributed by atoms with Crippen molar-refractivity contribution in [3.8, 4) is 0 Å². The molecule has 2 aromatic rings. The Hall–Kier alpha value is -2.93. The van der Waals surface area contributed by atoms with Crippen LogP contribution in [-0.4, -0.2) is 30.4 Å². The van der Waals surface area contributed by atoms with Crippen molar-refractivity contribution >= 4 is 23.5 Å². The Kier molecular flexibility index (Phi) is 4.34. The standard InChI is InChI=1S/C21H22N2O5/c1-4-21(20(26)27-3)16-15(17(22-21)14-6-5-11-28-14)18(24)23(19(16)25)13-9-7-12(2)8-10-13/h5-11,15-17,22H,4H2,1-3H3/p+1/t15-,16+,17-,21+/m0/s1. The van der Waals surface area contributed by atoms with Gasteiger partial charge in [-0.15, -0.1) is 0 Å². The van der Waals surface area contributed by atoms with Gasteiger partial charge in [-0.05, 0) is 31.2 Å². The Bertz CT molecular complexity index is 921. The smallest absolute Gasteiger partial charge is 0.368 e. The Balaban J connectivity index is 1.84. The molecule has 0 aliphatic carbocycles. The number of anilines is 1. The number of benzene rings is 1. The lowest BCUT2D eigenvalue weighted by atomic mass is 9.78. The number of rotatable bonds is 4. The van der Waals surface area contributed by atoms with Crippen LogP contribution in [0.1, 0.15) is 30.7 Å². The normalized spacial score (nSPS) is 29.2. The minimum Gasteiger partial charge on any atom is -0.464 e. The predicted octanol–water partition coefficient (Wildman–Crippen LogP) is 1.33. The molecule has 2 saturated heterocycles. The first-order valence-corrected chi connectivity index (χ1v) is 9.37. The van der Waals surface area contributed by atoms with Crippen LogP contribution in [-0.2, 0) is 19.1 Å². The highest BCUT2D eigenvalue weighted by atomic mass is 16.5. The fourth-order valence-corrected chi connectivity index (χ4v) is 4.68. The average Bonchev–Trinajstić information content (AvgIpc) is 3.39. The summed E-state index contributed by atoms with van der Waals surface area (Å²) in [5.41, 5.74) is 0.383. The van der Waals surface area contributed by atoms with Crippen molar-refractivity contribution < 1.29 is 28.9 Å². The van der Waals surface area contributed by atoms with Gasteiger partial charge in [0.2, 0.25) is 17.4 Å². The Labute approximate surface area is 162 Å². The van der Waals surface area contributed by atoms with E-state index in [4.69, 9.17) is 9.15 Å². The molecule has 0 spiro atoms. The number of amides is 2. The van der Waals surface area contributed by atoms with Gasteiger partial charge in [0.15, 0.2) is 11.8 Å². The summed E-state index contributed by atoms with van der Waals surface area (Å²) in [7, 11) is 1.31. The summed E-state index contributed by atoms with van der Waals surface area (Å²) in [5.74, 6) is -2.10. The number of imide groups is 1. The van der Waals surface area contributed by atoms with Crippen molar-refractivity contribution in [1.82, 2.24) is 0 Å². The number of hydrogen-bond donors (Lipinski definition) is 1. The molecule has 2 fully saturated rings. The summed E-state index contributed by atoms with van der Waals surface area (Å²) >= 11 is 0. The summed E-state index contributed by atoms with van der Waals surface area (Å²) < 4.78 is 10.6. The maximum Gasteiger partial charge on any atom is 0.368 e. The second kappa shape index (κ2) is 6.60. The van der Waals surface area contributed by atoms with E-state index < -0.39 is 29.4 Å². The monoisotopic (exact) mass is 383 g/mol. The number of quaternary nitrogens is 1. The van der Waals surface area contributed by atoms with Crippen LogP contribution >= 0.6 is 0 Å². The first kappa shape index (κ1) is 18.4. The molecule has 2 aliphatic heterocycles. The zero-order valence-electron chi connectivity index (χ0n) is 16.0. The van der Waals surface area contributed by atoms with Gasteiger partial charge in [0.25, 0.3) is 0 Å². The third-order valence-corrected chi connectivity index (χ3v) is 6.08. The van der Waals surface area contributed by atoms with Crippen LogP contribution in [0.25, 0.3) is 0 Å². The Morgan fingerprint density at radius 1 is 1.21 bits per heavy atom. The van der Waals surface area contributed by atoms with E-state index in [1.165, 1.54) is 18.3 Å². The van der Waals surface area contributed by atoms with E-state index in [0.717, 1.165) is 5.56 Å². The van der Waals surface area contributed by atoms with Gasteiger partial charge < -0.3 is 14.5 Å². The molecule has 0 saturated carbocycles. The Morgan fingerprint density at radius 3 is 2.50 bits per heavy atom. The molecule has 28 heavy (non-hydrogen) atoms. The maximum atomic E-state index is 13.4. The van der Waals surface area contributed by atoms with Gasteiger partial charge in [-0.3, -0.25) is 9.59 Å². The number of esters is 1. The van der Waals surface area contributed by atoms with Crippen LogP contribution in [0.2, 0.25) is 0 Å². The SMILES string of the molecule is CC[C@@]1(C(=O)OC)[NH2+][C@@H](c2ccco2)[C@H]2C(=O)N(c3ccc(C)cc3)C(=O)[C@@H]21. The molecule has 2 N–H and O–H groups in total. The minimum absolute atomic E-state index is 0.310. The molecule has 146 valence electrons. The maximum absolute atomic E-state index is 13.4. The van der Waals surface area contributed by atoms with Crippen molar-refractivity contribution in [3.05, 3.63) is 54.0 Å². The average molecular weight is 383 g/mol. The van der Waals surface area contributed by atoms with E-state index in [1.807, 2.05) is 26.0 Å². The fraction of sp³-hybridized carbons (Fsp3) is 0.381. The van der Waals surface area contributed by atoms with Crippen molar-refractivity contribution in [2.75, 3.05) is 12.0 Å². The zero-order valence-corrected chi connectivity index (χ0v) is 16.0. The van der Waals surface area contributed by atoms with Crippen LogP contribution in [0.5, 0.6) is 0 Å².